The van der Waals surface area contributed by atoms with Gasteiger partial charge in [0, 0.05) is 22.3 Å². The molecule has 2 N–H and O–H groups in total. The zero-order chi connectivity index (χ0) is 11.4. The second kappa shape index (κ2) is 5.76. The molecule has 1 fully saturated rings. The highest BCUT2D eigenvalue weighted by Gasteiger charge is 2.12. The first-order valence-corrected chi connectivity index (χ1v) is 6.40. The molecule has 16 heavy (non-hydrogen) atoms. The Hall–Kier alpha value is -0.440. The van der Waals surface area contributed by atoms with E-state index in [4.69, 9.17) is 23.2 Å². The Morgan fingerprint density at radius 2 is 2.00 bits per heavy atom. The maximum atomic E-state index is 5.93. The summed E-state index contributed by atoms with van der Waals surface area (Å²) in [6, 6.07) is 5.56. The van der Waals surface area contributed by atoms with Crippen LogP contribution in [0.25, 0.3) is 0 Å². The van der Waals surface area contributed by atoms with Gasteiger partial charge in [-0.05, 0) is 50.0 Å². The summed E-state index contributed by atoms with van der Waals surface area (Å²) in [4.78, 5) is 0. The third kappa shape index (κ3) is 3.55. The molecule has 1 atom stereocenters. The molecule has 1 aliphatic rings. The van der Waals surface area contributed by atoms with Gasteiger partial charge < -0.3 is 10.6 Å². The number of benzene rings is 1. The molecule has 2 rings (SSSR count). The summed E-state index contributed by atoms with van der Waals surface area (Å²) < 4.78 is 0. The van der Waals surface area contributed by atoms with Gasteiger partial charge >= 0.3 is 0 Å². The molecule has 0 radical (unpaired) electrons. The average molecular weight is 259 g/mol. The molecular weight excluding hydrogens is 243 g/mol. The van der Waals surface area contributed by atoms with Crippen LogP contribution in [0.2, 0.25) is 10.0 Å². The van der Waals surface area contributed by atoms with Crippen molar-refractivity contribution in [3.8, 4) is 0 Å². The molecule has 0 saturated carbocycles. The number of nitrogens with one attached hydrogen (secondary N) is 2. The Kier molecular flexibility index (Phi) is 4.33. The Bertz CT molecular complexity index is 329. The number of halogens is 2. The van der Waals surface area contributed by atoms with Crippen LogP contribution in [0.5, 0.6) is 0 Å². The van der Waals surface area contributed by atoms with E-state index in [1.54, 1.807) is 6.07 Å². The predicted molar refractivity (Wildman–Crippen MR) is 70.5 cm³/mol. The van der Waals surface area contributed by atoms with Crippen molar-refractivity contribution in [2.24, 2.45) is 5.92 Å². The highest BCUT2D eigenvalue weighted by molar-refractivity contribution is 6.35. The summed E-state index contributed by atoms with van der Waals surface area (Å²) in [6.45, 7) is 3.23. The van der Waals surface area contributed by atoms with Crippen LogP contribution in [0.1, 0.15) is 12.8 Å². The lowest BCUT2D eigenvalue weighted by Gasteiger charge is -2.23. The molecule has 0 aliphatic carbocycles. The van der Waals surface area contributed by atoms with E-state index < -0.39 is 0 Å². The Balaban J connectivity index is 1.88. The van der Waals surface area contributed by atoms with Gasteiger partial charge in [0.1, 0.15) is 0 Å². The van der Waals surface area contributed by atoms with Crippen molar-refractivity contribution in [2.45, 2.75) is 12.8 Å². The molecule has 0 aromatic heterocycles. The van der Waals surface area contributed by atoms with Gasteiger partial charge in [0.25, 0.3) is 0 Å². The van der Waals surface area contributed by atoms with E-state index in [2.05, 4.69) is 10.6 Å². The Labute approximate surface area is 106 Å². The lowest BCUT2D eigenvalue weighted by molar-refractivity contribution is 0.393. The third-order valence-corrected chi connectivity index (χ3v) is 3.29. The van der Waals surface area contributed by atoms with Crippen molar-refractivity contribution >= 4 is 28.9 Å². The standard InChI is InChI=1S/C12H16Cl2N2/c13-10-4-11(14)6-12(5-10)16-8-9-2-1-3-15-7-9/h4-6,9,15-16H,1-3,7-8H2. The summed E-state index contributed by atoms with van der Waals surface area (Å²) in [6.07, 6.45) is 2.55. The van der Waals surface area contributed by atoms with Gasteiger partial charge in [0.05, 0.1) is 0 Å². The van der Waals surface area contributed by atoms with Crippen molar-refractivity contribution < 1.29 is 0 Å². The van der Waals surface area contributed by atoms with E-state index in [9.17, 15) is 0 Å². The second-order valence-electron chi connectivity index (χ2n) is 4.25. The molecule has 1 unspecified atom stereocenters. The third-order valence-electron chi connectivity index (χ3n) is 2.86. The summed E-state index contributed by atoms with van der Waals surface area (Å²) in [5.74, 6) is 0.700. The summed E-state index contributed by atoms with van der Waals surface area (Å²) >= 11 is 11.9. The second-order valence-corrected chi connectivity index (χ2v) is 5.12. The van der Waals surface area contributed by atoms with Gasteiger partial charge in [0.2, 0.25) is 0 Å². The van der Waals surface area contributed by atoms with E-state index in [0.717, 1.165) is 25.3 Å². The van der Waals surface area contributed by atoms with E-state index in [-0.39, 0.29) is 0 Å². The fraction of sp³-hybridized carbons (Fsp3) is 0.500. The lowest BCUT2D eigenvalue weighted by atomic mass is 10.00. The molecule has 88 valence electrons. The highest BCUT2D eigenvalue weighted by Crippen LogP contribution is 2.23. The Morgan fingerprint density at radius 1 is 1.25 bits per heavy atom. The summed E-state index contributed by atoms with van der Waals surface area (Å²) in [7, 11) is 0. The molecule has 2 nitrogen and oxygen atoms in total. The molecule has 4 heteroatoms. The molecule has 1 heterocycles. The van der Waals surface area contributed by atoms with Gasteiger partial charge in [-0.25, -0.2) is 0 Å². The number of anilines is 1. The predicted octanol–water partition coefficient (Wildman–Crippen LogP) is 3.40. The van der Waals surface area contributed by atoms with Crippen LogP contribution in [0.4, 0.5) is 5.69 Å². The number of rotatable bonds is 3. The first-order chi connectivity index (χ1) is 7.74. The zero-order valence-corrected chi connectivity index (χ0v) is 10.6. The summed E-state index contributed by atoms with van der Waals surface area (Å²) in [5, 5.41) is 8.14. The van der Waals surface area contributed by atoms with Crippen molar-refractivity contribution in [3.63, 3.8) is 0 Å². The van der Waals surface area contributed by atoms with Gasteiger partial charge in [0.15, 0.2) is 0 Å². The van der Waals surface area contributed by atoms with Crippen LogP contribution in [0.3, 0.4) is 0 Å². The van der Waals surface area contributed by atoms with Crippen LogP contribution >= 0.6 is 23.2 Å². The maximum Gasteiger partial charge on any atom is 0.0441 e. The maximum absolute atomic E-state index is 5.93. The van der Waals surface area contributed by atoms with Crippen molar-refractivity contribution in [3.05, 3.63) is 28.2 Å². The normalized spacial score (nSPS) is 20.8. The van der Waals surface area contributed by atoms with Gasteiger partial charge in [-0.15, -0.1) is 0 Å². The van der Waals surface area contributed by atoms with Crippen LogP contribution in [-0.2, 0) is 0 Å². The monoisotopic (exact) mass is 258 g/mol. The van der Waals surface area contributed by atoms with E-state index in [1.807, 2.05) is 12.1 Å². The molecule has 1 aliphatic heterocycles. The molecule has 1 aromatic rings. The van der Waals surface area contributed by atoms with Crippen LogP contribution < -0.4 is 10.6 Å². The van der Waals surface area contributed by atoms with Crippen LogP contribution in [-0.4, -0.2) is 19.6 Å². The van der Waals surface area contributed by atoms with E-state index in [1.165, 1.54) is 12.8 Å². The molecular formula is C12H16Cl2N2. The molecule has 0 bridgehead atoms. The lowest BCUT2D eigenvalue weighted by Crippen LogP contribution is -2.33. The molecule has 0 amide bonds. The SMILES string of the molecule is Clc1cc(Cl)cc(NCC2CCCNC2)c1. The smallest absolute Gasteiger partial charge is 0.0441 e. The molecule has 0 spiro atoms. The van der Waals surface area contributed by atoms with E-state index >= 15 is 0 Å². The van der Waals surface area contributed by atoms with Crippen molar-refractivity contribution in [2.75, 3.05) is 25.0 Å². The fourth-order valence-electron chi connectivity index (χ4n) is 2.02. The zero-order valence-electron chi connectivity index (χ0n) is 9.10. The van der Waals surface area contributed by atoms with Gasteiger partial charge in [-0.3, -0.25) is 0 Å². The fourth-order valence-corrected chi connectivity index (χ4v) is 2.54. The average Bonchev–Trinajstić information content (AvgIpc) is 2.27. The quantitative estimate of drug-likeness (QED) is 0.869. The summed E-state index contributed by atoms with van der Waals surface area (Å²) in [5.41, 5.74) is 1.00. The molecule has 1 saturated heterocycles. The van der Waals surface area contributed by atoms with E-state index in [0.29, 0.717) is 16.0 Å². The van der Waals surface area contributed by atoms with Gasteiger partial charge in [-0.2, -0.15) is 0 Å². The van der Waals surface area contributed by atoms with Crippen molar-refractivity contribution in [1.82, 2.24) is 5.32 Å². The first kappa shape index (κ1) is 12.0. The number of hydrogen-bond donors (Lipinski definition) is 2. The topological polar surface area (TPSA) is 24.1 Å². The number of hydrogen-bond acceptors (Lipinski definition) is 2. The number of piperidine rings is 1. The van der Waals surface area contributed by atoms with Gasteiger partial charge in [-0.1, -0.05) is 23.2 Å². The Morgan fingerprint density at radius 3 is 2.62 bits per heavy atom. The first-order valence-electron chi connectivity index (χ1n) is 5.65. The van der Waals surface area contributed by atoms with Crippen molar-refractivity contribution in [1.29, 1.82) is 0 Å². The van der Waals surface area contributed by atoms with Crippen LogP contribution in [0.15, 0.2) is 18.2 Å². The minimum absolute atomic E-state index is 0.678. The molecule has 1 aromatic carbocycles. The highest BCUT2D eigenvalue weighted by atomic mass is 35.5. The minimum atomic E-state index is 0.678. The minimum Gasteiger partial charge on any atom is -0.385 e. The largest absolute Gasteiger partial charge is 0.385 e. The van der Waals surface area contributed by atoms with Crippen LogP contribution in [0, 0.1) is 5.92 Å².